The summed E-state index contributed by atoms with van der Waals surface area (Å²) in [6, 6.07) is 0. The van der Waals surface area contributed by atoms with Gasteiger partial charge in [-0.1, -0.05) is 0 Å². The van der Waals surface area contributed by atoms with Gasteiger partial charge in [0, 0.05) is 6.61 Å². The minimum absolute atomic E-state index is 0.282. The lowest BCUT2D eigenvalue weighted by Crippen LogP contribution is -2.13. The molecule has 2 atom stereocenters. The lowest BCUT2D eigenvalue weighted by atomic mass is 10.1. The average Bonchev–Trinajstić information content (AvgIpc) is 2.52. The molecule has 1 fully saturated rings. The van der Waals surface area contributed by atoms with Gasteiger partial charge in [0.15, 0.2) is 0 Å². The Morgan fingerprint density at radius 3 is 3.09 bits per heavy atom. The molecule has 0 spiro atoms. The molecule has 1 aliphatic rings. The first-order chi connectivity index (χ1) is 5.33. The molecule has 3 nitrogen and oxygen atoms in total. The van der Waals surface area contributed by atoms with Crippen LogP contribution in [0.15, 0.2) is 0 Å². The Morgan fingerprint density at radius 2 is 2.55 bits per heavy atom. The van der Waals surface area contributed by atoms with Gasteiger partial charge in [-0.2, -0.15) is 0 Å². The molecule has 64 valence electrons. The van der Waals surface area contributed by atoms with Crippen LogP contribution in [0.5, 0.6) is 0 Å². The van der Waals surface area contributed by atoms with E-state index in [0.29, 0.717) is 12.7 Å². The number of ether oxygens (including phenoxy) is 1. The summed E-state index contributed by atoms with van der Waals surface area (Å²) in [5.41, 5.74) is 0. The van der Waals surface area contributed by atoms with E-state index < -0.39 is 6.10 Å². The van der Waals surface area contributed by atoms with E-state index in [2.05, 4.69) is 0 Å². The topological polar surface area (TPSA) is 46.5 Å². The van der Waals surface area contributed by atoms with Crippen molar-refractivity contribution in [2.24, 2.45) is 0 Å². The van der Waals surface area contributed by atoms with E-state index in [1.165, 1.54) is 0 Å². The summed E-state index contributed by atoms with van der Waals surface area (Å²) in [4.78, 5) is 10.0. The molecule has 0 bridgehead atoms. The van der Waals surface area contributed by atoms with Crippen LogP contribution in [0.3, 0.4) is 0 Å². The summed E-state index contributed by atoms with van der Waals surface area (Å²) in [5.74, 6) is 0. The predicted octanol–water partition coefficient (Wildman–Crippen LogP) is 0.505. The zero-order chi connectivity index (χ0) is 8.10. The Bertz CT molecular complexity index is 119. The predicted molar refractivity (Wildman–Crippen MR) is 40.3 cm³/mol. The molecule has 0 aromatic carbocycles. The Labute approximate surface area is 66.4 Å². The molecule has 1 rings (SSSR count). The van der Waals surface area contributed by atoms with Crippen molar-refractivity contribution in [1.29, 1.82) is 0 Å². The lowest BCUT2D eigenvalue weighted by molar-refractivity contribution is -0.115. The zero-order valence-corrected chi connectivity index (χ0v) is 6.53. The molecule has 0 saturated carbocycles. The number of aliphatic hydroxyl groups excluding tert-OH is 1. The van der Waals surface area contributed by atoms with Gasteiger partial charge in [-0.3, -0.25) is 0 Å². The number of carbonyl (C=O) groups is 1. The highest BCUT2D eigenvalue weighted by Gasteiger charge is 2.16. The molecule has 2 unspecified atom stereocenters. The Morgan fingerprint density at radius 1 is 1.73 bits per heavy atom. The second kappa shape index (κ2) is 4.46. The van der Waals surface area contributed by atoms with Gasteiger partial charge in [-0.15, -0.1) is 0 Å². The van der Waals surface area contributed by atoms with Crippen LogP contribution in [0.4, 0.5) is 0 Å². The van der Waals surface area contributed by atoms with Crippen LogP contribution in [0.2, 0.25) is 0 Å². The number of hydrogen-bond acceptors (Lipinski definition) is 3. The fraction of sp³-hybridized carbons (Fsp3) is 0.875. The van der Waals surface area contributed by atoms with E-state index in [1.54, 1.807) is 0 Å². The van der Waals surface area contributed by atoms with Crippen LogP contribution in [0.1, 0.15) is 25.7 Å². The van der Waals surface area contributed by atoms with Gasteiger partial charge in [-0.25, -0.2) is 0 Å². The molecular weight excluding hydrogens is 144 g/mol. The average molecular weight is 158 g/mol. The van der Waals surface area contributed by atoms with Crippen molar-refractivity contribution in [3.8, 4) is 0 Å². The lowest BCUT2D eigenvalue weighted by Gasteiger charge is -2.08. The first kappa shape index (κ1) is 8.68. The molecule has 1 heterocycles. The second-order valence-corrected chi connectivity index (χ2v) is 2.92. The number of rotatable bonds is 4. The minimum atomic E-state index is -0.792. The fourth-order valence-corrected chi connectivity index (χ4v) is 1.30. The van der Waals surface area contributed by atoms with E-state index in [9.17, 15) is 4.79 Å². The van der Waals surface area contributed by atoms with Crippen molar-refractivity contribution in [3.05, 3.63) is 0 Å². The molecular formula is C8H14O3. The van der Waals surface area contributed by atoms with Crippen molar-refractivity contribution in [3.63, 3.8) is 0 Å². The summed E-state index contributed by atoms with van der Waals surface area (Å²) in [6.07, 6.45) is 3.60. The van der Waals surface area contributed by atoms with Crippen LogP contribution in [-0.4, -0.2) is 30.2 Å². The van der Waals surface area contributed by atoms with E-state index in [1.807, 2.05) is 0 Å². The molecule has 1 aliphatic heterocycles. The number of hydrogen-bond donors (Lipinski definition) is 1. The maximum absolute atomic E-state index is 10.0. The smallest absolute Gasteiger partial charge is 0.148 e. The molecule has 1 N–H and O–H groups in total. The van der Waals surface area contributed by atoms with Gasteiger partial charge in [0.1, 0.15) is 12.4 Å². The van der Waals surface area contributed by atoms with Gasteiger partial charge >= 0.3 is 0 Å². The summed E-state index contributed by atoms with van der Waals surface area (Å²) in [6.45, 7) is 0.835. The van der Waals surface area contributed by atoms with E-state index >= 15 is 0 Å². The van der Waals surface area contributed by atoms with Crippen molar-refractivity contribution in [2.45, 2.75) is 37.9 Å². The Kier molecular flexibility index (Phi) is 3.52. The van der Waals surface area contributed by atoms with Crippen molar-refractivity contribution in [1.82, 2.24) is 0 Å². The van der Waals surface area contributed by atoms with Gasteiger partial charge in [0.2, 0.25) is 0 Å². The third-order valence-corrected chi connectivity index (χ3v) is 1.97. The fourth-order valence-electron chi connectivity index (χ4n) is 1.30. The molecule has 1 saturated heterocycles. The number of aliphatic hydroxyl groups is 1. The molecule has 0 amide bonds. The van der Waals surface area contributed by atoms with Gasteiger partial charge in [0.05, 0.1) is 6.10 Å². The van der Waals surface area contributed by atoms with E-state index in [4.69, 9.17) is 9.84 Å². The molecule has 0 radical (unpaired) electrons. The third kappa shape index (κ3) is 2.99. The Balaban J connectivity index is 2.06. The molecule has 0 aromatic heterocycles. The largest absolute Gasteiger partial charge is 0.386 e. The Hall–Kier alpha value is -0.410. The van der Waals surface area contributed by atoms with Gasteiger partial charge < -0.3 is 14.6 Å². The van der Waals surface area contributed by atoms with Gasteiger partial charge in [-0.05, 0) is 25.7 Å². The third-order valence-electron chi connectivity index (χ3n) is 1.97. The second-order valence-electron chi connectivity index (χ2n) is 2.92. The van der Waals surface area contributed by atoms with E-state index in [-0.39, 0.29) is 6.10 Å². The van der Waals surface area contributed by atoms with Crippen molar-refractivity contribution < 1.29 is 14.6 Å². The maximum Gasteiger partial charge on any atom is 0.148 e. The van der Waals surface area contributed by atoms with Crippen LogP contribution >= 0.6 is 0 Å². The first-order valence-corrected chi connectivity index (χ1v) is 4.08. The standard InChI is InChI=1S/C8H14O3/c9-6-7(10)3-4-8-2-1-5-11-8/h6-8,10H,1-5H2. The molecule has 0 aromatic rings. The monoisotopic (exact) mass is 158 g/mol. The highest BCUT2D eigenvalue weighted by atomic mass is 16.5. The van der Waals surface area contributed by atoms with Crippen molar-refractivity contribution >= 4 is 6.29 Å². The van der Waals surface area contributed by atoms with E-state index in [0.717, 1.165) is 25.9 Å². The van der Waals surface area contributed by atoms with Gasteiger partial charge in [0.25, 0.3) is 0 Å². The summed E-state index contributed by atoms with van der Waals surface area (Å²) in [5, 5.41) is 8.89. The zero-order valence-electron chi connectivity index (χ0n) is 6.53. The summed E-state index contributed by atoms with van der Waals surface area (Å²) >= 11 is 0. The normalized spacial score (nSPS) is 26.8. The quantitative estimate of drug-likeness (QED) is 0.606. The number of aldehydes is 1. The molecule has 11 heavy (non-hydrogen) atoms. The summed E-state index contributed by atoms with van der Waals surface area (Å²) in [7, 11) is 0. The molecule has 0 aliphatic carbocycles. The minimum Gasteiger partial charge on any atom is -0.386 e. The highest BCUT2D eigenvalue weighted by Crippen LogP contribution is 2.17. The van der Waals surface area contributed by atoms with Crippen LogP contribution in [-0.2, 0) is 9.53 Å². The van der Waals surface area contributed by atoms with Crippen LogP contribution in [0, 0.1) is 0 Å². The summed E-state index contributed by atoms with van der Waals surface area (Å²) < 4.78 is 5.32. The first-order valence-electron chi connectivity index (χ1n) is 4.08. The van der Waals surface area contributed by atoms with Crippen LogP contribution < -0.4 is 0 Å². The van der Waals surface area contributed by atoms with Crippen LogP contribution in [0.25, 0.3) is 0 Å². The SMILES string of the molecule is O=CC(O)CCC1CCCO1. The highest BCUT2D eigenvalue weighted by molar-refractivity contribution is 5.55. The molecule has 3 heteroatoms. The maximum atomic E-state index is 10.0. The van der Waals surface area contributed by atoms with Crippen molar-refractivity contribution in [2.75, 3.05) is 6.61 Å². The number of carbonyl (C=O) groups excluding carboxylic acids is 1.